The van der Waals surface area contributed by atoms with Gasteiger partial charge in [-0.1, -0.05) is 12.1 Å². The highest BCUT2D eigenvalue weighted by Gasteiger charge is 2.27. The molecule has 0 atom stereocenters. The molecule has 21 heavy (non-hydrogen) atoms. The Kier molecular flexibility index (Phi) is 5.29. The van der Waals surface area contributed by atoms with Crippen LogP contribution in [0.5, 0.6) is 0 Å². The highest BCUT2D eigenvalue weighted by Crippen LogP contribution is 2.17. The van der Waals surface area contributed by atoms with Gasteiger partial charge in [0.15, 0.2) is 0 Å². The zero-order valence-electron chi connectivity index (χ0n) is 11.9. The molecular weight excluding hydrogens is 308 g/mol. The summed E-state index contributed by atoms with van der Waals surface area (Å²) in [5.41, 5.74) is 0.546. The number of carbonyl (C=O) groups is 1. The second-order valence-corrected chi connectivity index (χ2v) is 7.80. The van der Waals surface area contributed by atoms with Crippen molar-refractivity contribution in [2.75, 3.05) is 18.8 Å². The van der Waals surface area contributed by atoms with Crippen LogP contribution in [-0.4, -0.2) is 43.5 Å². The molecule has 1 heterocycles. The third-order valence-electron chi connectivity index (χ3n) is 3.70. The van der Waals surface area contributed by atoms with Gasteiger partial charge in [0, 0.05) is 24.0 Å². The molecule has 0 aliphatic carbocycles. The smallest absolute Gasteiger partial charge is 0.252 e. The molecule has 1 N–H and O–H groups in total. The van der Waals surface area contributed by atoms with Gasteiger partial charge in [0.1, 0.15) is 0 Å². The number of sulfonamides is 1. The van der Waals surface area contributed by atoms with Crippen LogP contribution in [0.4, 0.5) is 0 Å². The maximum atomic E-state index is 12.2. The van der Waals surface area contributed by atoms with Crippen molar-refractivity contribution in [2.45, 2.75) is 30.7 Å². The summed E-state index contributed by atoms with van der Waals surface area (Å²) in [7, 11) is -3.12. The Morgan fingerprint density at radius 1 is 1.33 bits per heavy atom. The topological polar surface area (TPSA) is 66.5 Å². The highest BCUT2D eigenvalue weighted by atomic mass is 32.2. The maximum Gasteiger partial charge on any atom is 0.252 e. The van der Waals surface area contributed by atoms with E-state index in [2.05, 4.69) is 17.9 Å². The van der Waals surface area contributed by atoms with Crippen LogP contribution in [0.3, 0.4) is 0 Å². The van der Waals surface area contributed by atoms with Crippen molar-refractivity contribution < 1.29 is 13.2 Å². The first kappa shape index (κ1) is 16.3. The largest absolute Gasteiger partial charge is 0.349 e. The normalized spacial score (nSPS) is 17.6. The molecule has 7 heteroatoms. The van der Waals surface area contributed by atoms with Crippen molar-refractivity contribution in [3.63, 3.8) is 0 Å². The third kappa shape index (κ3) is 3.99. The van der Waals surface area contributed by atoms with Gasteiger partial charge in [0.25, 0.3) is 5.91 Å². The van der Waals surface area contributed by atoms with Crippen LogP contribution in [-0.2, 0) is 10.0 Å². The van der Waals surface area contributed by atoms with Gasteiger partial charge < -0.3 is 5.32 Å². The molecule has 1 fully saturated rings. The molecule has 1 saturated heterocycles. The average Bonchev–Trinajstić information content (AvgIpc) is 2.48. The van der Waals surface area contributed by atoms with E-state index in [4.69, 9.17) is 0 Å². The van der Waals surface area contributed by atoms with E-state index in [9.17, 15) is 13.2 Å². The van der Waals surface area contributed by atoms with Crippen LogP contribution >= 0.6 is 12.6 Å². The maximum absolute atomic E-state index is 12.2. The Morgan fingerprint density at radius 2 is 1.95 bits per heavy atom. The van der Waals surface area contributed by atoms with E-state index in [1.165, 1.54) is 4.31 Å². The summed E-state index contributed by atoms with van der Waals surface area (Å²) in [6.07, 6.45) is 1.28. The third-order valence-corrected chi connectivity index (χ3v) is 5.97. The van der Waals surface area contributed by atoms with Crippen molar-refractivity contribution in [3.05, 3.63) is 29.8 Å². The van der Waals surface area contributed by atoms with Gasteiger partial charge in [-0.15, -0.1) is 12.6 Å². The number of nitrogens with one attached hydrogen (secondary N) is 1. The number of thiol groups is 1. The molecule has 1 aliphatic rings. The second-order valence-electron chi connectivity index (χ2n) is 5.06. The van der Waals surface area contributed by atoms with Crippen LogP contribution in [0.1, 0.15) is 30.1 Å². The summed E-state index contributed by atoms with van der Waals surface area (Å²) in [6.45, 7) is 2.57. The first-order valence-electron chi connectivity index (χ1n) is 7.00. The van der Waals surface area contributed by atoms with Crippen LogP contribution in [0.15, 0.2) is 29.2 Å². The van der Waals surface area contributed by atoms with Gasteiger partial charge in [-0.25, -0.2) is 12.7 Å². The lowest BCUT2D eigenvalue weighted by Gasteiger charge is -2.31. The van der Waals surface area contributed by atoms with E-state index in [1.807, 2.05) is 6.07 Å². The summed E-state index contributed by atoms with van der Waals surface area (Å²) in [4.78, 5) is 12.8. The van der Waals surface area contributed by atoms with E-state index in [0.717, 1.165) is 0 Å². The number of nitrogens with zero attached hydrogens (tertiary/aromatic N) is 1. The van der Waals surface area contributed by atoms with Gasteiger partial charge in [-0.2, -0.15) is 0 Å². The van der Waals surface area contributed by atoms with Crippen LogP contribution in [0.2, 0.25) is 0 Å². The molecule has 5 nitrogen and oxygen atoms in total. The van der Waals surface area contributed by atoms with E-state index in [0.29, 0.717) is 36.4 Å². The van der Waals surface area contributed by atoms with E-state index in [1.54, 1.807) is 25.1 Å². The van der Waals surface area contributed by atoms with Gasteiger partial charge >= 0.3 is 0 Å². The summed E-state index contributed by atoms with van der Waals surface area (Å²) in [5, 5.41) is 2.96. The molecule has 0 bridgehead atoms. The number of benzene rings is 1. The fourth-order valence-electron chi connectivity index (χ4n) is 2.39. The van der Waals surface area contributed by atoms with Crippen LogP contribution < -0.4 is 5.32 Å². The number of amides is 1. The van der Waals surface area contributed by atoms with Gasteiger partial charge in [-0.05, 0) is 31.9 Å². The van der Waals surface area contributed by atoms with Crippen molar-refractivity contribution in [1.29, 1.82) is 0 Å². The molecule has 1 aromatic carbocycles. The summed E-state index contributed by atoms with van der Waals surface area (Å²) < 4.78 is 25.1. The van der Waals surface area contributed by atoms with Gasteiger partial charge in [-0.3, -0.25) is 4.79 Å². The Hall–Kier alpha value is -1.05. The van der Waals surface area contributed by atoms with E-state index in [-0.39, 0.29) is 17.7 Å². The van der Waals surface area contributed by atoms with Crippen molar-refractivity contribution in [2.24, 2.45) is 0 Å². The van der Waals surface area contributed by atoms with Crippen LogP contribution in [0, 0.1) is 0 Å². The Bertz CT molecular complexity index is 608. The molecule has 116 valence electrons. The lowest BCUT2D eigenvalue weighted by atomic mass is 10.1. The fourth-order valence-corrected chi connectivity index (χ4v) is 3.78. The van der Waals surface area contributed by atoms with Gasteiger partial charge in [0.05, 0.1) is 11.3 Å². The number of hydrogen-bond donors (Lipinski definition) is 2. The lowest BCUT2D eigenvalue weighted by molar-refractivity contribution is 0.0921. The van der Waals surface area contributed by atoms with Gasteiger partial charge in [0.2, 0.25) is 10.0 Å². The quantitative estimate of drug-likeness (QED) is 0.824. The van der Waals surface area contributed by atoms with Crippen molar-refractivity contribution in [3.8, 4) is 0 Å². The predicted octanol–water partition coefficient (Wildman–Crippen LogP) is 1.52. The predicted molar refractivity (Wildman–Crippen MR) is 85.2 cm³/mol. The summed E-state index contributed by atoms with van der Waals surface area (Å²) >= 11 is 4.27. The highest BCUT2D eigenvalue weighted by molar-refractivity contribution is 7.89. The molecular formula is C14H20N2O3S2. The number of piperidine rings is 1. The molecule has 0 saturated carbocycles. The van der Waals surface area contributed by atoms with Crippen molar-refractivity contribution in [1.82, 2.24) is 9.62 Å². The second kappa shape index (κ2) is 6.81. The van der Waals surface area contributed by atoms with Crippen LogP contribution in [0.25, 0.3) is 0 Å². The van der Waals surface area contributed by atoms with E-state index >= 15 is 0 Å². The van der Waals surface area contributed by atoms with E-state index < -0.39 is 10.0 Å². The lowest BCUT2D eigenvalue weighted by Crippen LogP contribution is -2.46. The number of carbonyl (C=O) groups excluding carboxylic acids is 1. The minimum absolute atomic E-state index is 0.00810. The Balaban J connectivity index is 1.92. The first-order chi connectivity index (χ1) is 9.94. The average molecular weight is 328 g/mol. The molecule has 0 aromatic heterocycles. The standard InChI is InChI=1S/C14H20N2O3S2/c1-2-21(18,19)16-9-7-11(8-10-16)15-14(17)12-5-3-4-6-13(12)20/h3-6,11,20H,2,7-10H2,1H3,(H,15,17). The molecule has 1 aromatic rings. The molecule has 1 aliphatic heterocycles. The molecule has 0 spiro atoms. The molecule has 2 rings (SSSR count). The van der Waals surface area contributed by atoms with Crippen molar-refractivity contribution >= 4 is 28.6 Å². The Morgan fingerprint density at radius 3 is 2.52 bits per heavy atom. The molecule has 0 radical (unpaired) electrons. The minimum atomic E-state index is -3.12. The SMILES string of the molecule is CCS(=O)(=O)N1CCC(NC(=O)c2ccccc2S)CC1. The zero-order valence-corrected chi connectivity index (χ0v) is 13.7. The minimum Gasteiger partial charge on any atom is -0.349 e. The Labute approximate surface area is 131 Å². The zero-order chi connectivity index (χ0) is 15.5. The monoisotopic (exact) mass is 328 g/mol. The molecule has 0 unspecified atom stereocenters. The fraction of sp³-hybridized carbons (Fsp3) is 0.500. The molecule has 1 amide bonds. The first-order valence-corrected chi connectivity index (χ1v) is 9.06. The summed E-state index contributed by atoms with van der Waals surface area (Å²) in [5.74, 6) is -0.0331. The number of rotatable bonds is 4. The summed E-state index contributed by atoms with van der Waals surface area (Å²) in [6, 6.07) is 7.13. The number of hydrogen-bond acceptors (Lipinski definition) is 4.